The van der Waals surface area contributed by atoms with E-state index in [1.807, 2.05) is 35.9 Å². The second kappa shape index (κ2) is 2.85. The summed E-state index contributed by atoms with van der Waals surface area (Å²) in [4.78, 5) is 11.0. The molecule has 0 aliphatic carbocycles. The molecule has 0 radical (unpaired) electrons. The van der Waals surface area contributed by atoms with Crippen molar-refractivity contribution in [3.05, 3.63) is 30.0 Å². The van der Waals surface area contributed by atoms with E-state index in [-0.39, 0.29) is 5.69 Å². The molecule has 5 heteroatoms. The Bertz CT molecular complexity index is 708. The molecular weight excluding hydrogens is 206 g/mol. The SMILES string of the molecule is Cn1c2ccccc2c2c(C(=O)O)[nH]nc21. The number of nitrogens with zero attached hydrogens (tertiary/aromatic N) is 2. The molecule has 0 amide bonds. The van der Waals surface area contributed by atoms with Gasteiger partial charge in [0, 0.05) is 12.4 Å². The van der Waals surface area contributed by atoms with Crippen LogP contribution < -0.4 is 0 Å². The predicted octanol–water partition coefficient (Wildman–Crippen LogP) is 1.75. The zero-order valence-electron chi connectivity index (χ0n) is 8.56. The van der Waals surface area contributed by atoms with Gasteiger partial charge in [-0.15, -0.1) is 0 Å². The lowest BCUT2D eigenvalue weighted by atomic mass is 10.2. The molecule has 5 nitrogen and oxygen atoms in total. The van der Waals surface area contributed by atoms with Gasteiger partial charge >= 0.3 is 5.97 Å². The molecule has 0 unspecified atom stereocenters. The third-order valence-corrected chi connectivity index (χ3v) is 2.81. The number of carboxylic acid groups (broad SMARTS) is 1. The molecule has 0 aliphatic rings. The zero-order chi connectivity index (χ0) is 11.3. The molecule has 2 heterocycles. The minimum atomic E-state index is -0.987. The van der Waals surface area contributed by atoms with Crippen molar-refractivity contribution in [2.24, 2.45) is 7.05 Å². The van der Waals surface area contributed by atoms with Gasteiger partial charge < -0.3 is 9.67 Å². The second-order valence-corrected chi connectivity index (χ2v) is 3.68. The van der Waals surface area contributed by atoms with Crippen LogP contribution in [0, 0.1) is 0 Å². The van der Waals surface area contributed by atoms with Gasteiger partial charge in [0.15, 0.2) is 11.3 Å². The standard InChI is InChI=1S/C11H9N3O2/c1-14-7-5-3-2-4-6(7)8-9(11(15)16)12-13-10(8)14/h2-5H,1H3,(H,12,13)(H,15,16). The van der Waals surface area contributed by atoms with Crippen molar-refractivity contribution in [3.63, 3.8) is 0 Å². The van der Waals surface area contributed by atoms with E-state index in [0.29, 0.717) is 11.0 Å². The van der Waals surface area contributed by atoms with Crippen molar-refractivity contribution in [2.45, 2.75) is 0 Å². The molecule has 1 aromatic carbocycles. The second-order valence-electron chi connectivity index (χ2n) is 3.68. The summed E-state index contributed by atoms with van der Waals surface area (Å²) in [7, 11) is 1.87. The topological polar surface area (TPSA) is 70.9 Å². The van der Waals surface area contributed by atoms with E-state index in [1.54, 1.807) is 0 Å². The molecule has 2 N–H and O–H groups in total. The summed E-state index contributed by atoms with van der Waals surface area (Å²) in [5.41, 5.74) is 1.79. The van der Waals surface area contributed by atoms with Crippen molar-refractivity contribution in [3.8, 4) is 0 Å². The van der Waals surface area contributed by atoms with Gasteiger partial charge in [-0.2, -0.15) is 5.10 Å². The van der Waals surface area contributed by atoms with Crippen LogP contribution in [-0.4, -0.2) is 25.8 Å². The molecule has 3 aromatic rings. The van der Waals surface area contributed by atoms with E-state index in [2.05, 4.69) is 10.2 Å². The molecule has 0 saturated heterocycles. The normalized spacial score (nSPS) is 11.3. The zero-order valence-corrected chi connectivity index (χ0v) is 8.56. The van der Waals surface area contributed by atoms with Crippen molar-refractivity contribution in [1.82, 2.24) is 14.8 Å². The van der Waals surface area contributed by atoms with Crippen LogP contribution in [-0.2, 0) is 7.05 Å². The van der Waals surface area contributed by atoms with Crippen LogP contribution in [0.15, 0.2) is 24.3 Å². The number of aryl methyl sites for hydroxylation is 1. The molecule has 0 bridgehead atoms. The molecule has 3 rings (SSSR count). The number of aromatic amines is 1. The lowest BCUT2D eigenvalue weighted by Gasteiger charge is -1.94. The number of carboxylic acids is 1. The summed E-state index contributed by atoms with van der Waals surface area (Å²) in [5.74, 6) is -0.987. The number of carbonyl (C=O) groups is 1. The van der Waals surface area contributed by atoms with E-state index in [1.165, 1.54) is 0 Å². The summed E-state index contributed by atoms with van der Waals surface area (Å²) in [6.45, 7) is 0. The predicted molar refractivity (Wildman–Crippen MR) is 59.5 cm³/mol. The average Bonchev–Trinajstić information content (AvgIpc) is 2.81. The summed E-state index contributed by atoms with van der Waals surface area (Å²) in [6.07, 6.45) is 0. The largest absolute Gasteiger partial charge is 0.477 e. The number of benzene rings is 1. The third-order valence-electron chi connectivity index (χ3n) is 2.81. The van der Waals surface area contributed by atoms with Crippen molar-refractivity contribution >= 4 is 27.9 Å². The number of aromatic nitrogens is 3. The Hall–Kier alpha value is -2.30. The van der Waals surface area contributed by atoms with Crippen LogP contribution in [0.1, 0.15) is 10.5 Å². The van der Waals surface area contributed by atoms with Crippen molar-refractivity contribution in [2.75, 3.05) is 0 Å². The molecular formula is C11H9N3O2. The first kappa shape index (κ1) is 8.96. The Morgan fingerprint density at radius 3 is 2.94 bits per heavy atom. The average molecular weight is 215 g/mol. The highest BCUT2D eigenvalue weighted by atomic mass is 16.4. The fourth-order valence-electron chi connectivity index (χ4n) is 2.08. The third kappa shape index (κ3) is 0.942. The quantitative estimate of drug-likeness (QED) is 0.649. The maximum atomic E-state index is 11.0. The Morgan fingerprint density at radius 2 is 2.19 bits per heavy atom. The van der Waals surface area contributed by atoms with E-state index < -0.39 is 5.97 Å². The highest BCUT2D eigenvalue weighted by molar-refractivity contribution is 6.14. The van der Waals surface area contributed by atoms with E-state index in [0.717, 1.165) is 10.9 Å². The molecule has 0 saturated carbocycles. The first-order valence-corrected chi connectivity index (χ1v) is 4.85. The highest BCUT2D eigenvalue weighted by Gasteiger charge is 2.18. The Kier molecular flexibility index (Phi) is 1.60. The molecule has 0 fully saturated rings. The Labute approximate surface area is 90.3 Å². The summed E-state index contributed by atoms with van der Waals surface area (Å²) in [5, 5.41) is 17.2. The lowest BCUT2D eigenvalue weighted by Crippen LogP contribution is -1.96. The molecule has 80 valence electrons. The van der Waals surface area contributed by atoms with Crippen LogP contribution in [0.5, 0.6) is 0 Å². The van der Waals surface area contributed by atoms with Crippen molar-refractivity contribution < 1.29 is 9.90 Å². The van der Waals surface area contributed by atoms with Gasteiger partial charge in [-0.1, -0.05) is 18.2 Å². The fraction of sp³-hybridized carbons (Fsp3) is 0.0909. The first-order chi connectivity index (χ1) is 7.70. The van der Waals surface area contributed by atoms with Gasteiger partial charge in [-0.25, -0.2) is 4.79 Å². The molecule has 0 spiro atoms. The number of rotatable bonds is 1. The minimum Gasteiger partial charge on any atom is -0.477 e. The van der Waals surface area contributed by atoms with E-state index >= 15 is 0 Å². The van der Waals surface area contributed by atoms with Gasteiger partial charge in [0.25, 0.3) is 0 Å². The van der Waals surface area contributed by atoms with Gasteiger partial charge in [0.2, 0.25) is 0 Å². The van der Waals surface area contributed by atoms with Crippen LogP contribution >= 0.6 is 0 Å². The van der Waals surface area contributed by atoms with Crippen molar-refractivity contribution in [1.29, 1.82) is 0 Å². The van der Waals surface area contributed by atoms with Crippen LogP contribution in [0.3, 0.4) is 0 Å². The van der Waals surface area contributed by atoms with Gasteiger partial charge in [-0.3, -0.25) is 5.10 Å². The summed E-state index contributed by atoms with van der Waals surface area (Å²) < 4.78 is 1.88. The molecule has 16 heavy (non-hydrogen) atoms. The lowest BCUT2D eigenvalue weighted by molar-refractivity contribution is 0.0692. The maximum absolute atomic E-state index is 11.0. The number of aromatic carboxylic acids is 1. The minimum absolute atomic E-state index is 0.145. The van der Waals surface area contributed by atoms with E-state index in [4.69, 9.17) is 5.11 Å². The fourth-order valence-corrected chi connectivity index (χ4v) is 2.08. The smallest absolute Gasteiger partial charge is 0.354 e. The Morgan fingerprint density at radius 1 is 1.44 bits per heavy atom. The monoisotopic (exact) mass is 215 g/mol. The number of hydrogen-bond acceptors (Lipinski definition) is 2. The molecule has 2 aromatic heterocycles. The van der Waals surface area contributed by atoms with Crippen LogP contribution in [0.25, 0.3) is 21.9 Å². The van der Waals surface area contributed by atoms with Gasteiger partial charge in [-0.05, 0) is 6.07 Å². The maximum Gasteiger partial charge on any atom is 0.354 e. The van der Waals surface area contributed by atoms with Crippen LogP contribution in [0.2, 0.25) is 0 Å². The first-order valence-electron chi connectivity index (χ1n) is 4.85. The highest BCUT2D eigenvalue weighted by Crippen LogP contribution is 2.28. The number of hydrogen-bond donors (Lipinski definition) is 2. The van der Waals surface area contributed by atoms with E-state index in [9.17, 15) is 4.79 Å². The summed E-state index contributed by atoms with van der Waals surface area (Å²) in [6, 6.07) is 7.66. The number of fused-ring (bicyclic) bond motifs is 3. The van der Waals surface area contributed by atoms with Gasteiger partial charge in [0.05, 0.1) is 10.9 Å². The Balaban J connectivity index is 2.60. The number of nitrogens with one attached hydrogen (secondary N) is 1. The molecule has 0 atom stereocenters. The van der Waals surface area contributed by atoms with Gasteiger partial charge in [0.1, 0.15) is 0 Å². The number of H-pyrrole nitrogens is 1. The molecule has 0 aliphatic heterocycles. The summed E-state index contributed by atoms with van der Waals surface area (Å²) >= 11 is 0. The number of para-hydroxylation sites is 1. The van der Waals surface area contributed by atoms with Crippen LogP contribution in [0.4, 0.5) is 0 Å².